The summed E-state index contributed by atoms with van der Waals surface area (Å²) in [6.45, 7) is 2.26. The number of sulfonamides is 1. The predicted octanol–water partition coefficient (Wildman–Crippen LogP) is 1.75. The Balaban J connectivity index is 1.93. The van der Waals surface area contributed by atoms with Crippen LogP contribution in [-0.4, -0.2) is 25.3 Å². The Morgan fingerprint density at radius 3 is 2.81 bits per heavy atom. The first-order valence-electron chi connectivity index (χ1n) is 5.03. The van der Waals surface area contributed by atoms with Crippen molar-refractivity contribution in [2.24, 2.45) is 5.92 Å². The zero-order valence-electron chi connectivity index (χ0n) is 8.81. The summed E-state index contributed by atoms with van der Waals surface area (Å²) in [6.07, 6.45) is 3.19. The molecule has 0 spiro atoms. The fourth-order valence-electron chi connectivity index (χ4n) is 1.59. The lowest BCUT2D eigenvalue weighted by molar-refractivity contribution is 0.324. The van der Waals surface area contributed by atoms with Gasteiger partial charge in [0.05, 0.1) is 11.2 Å². The molecule has 4 nitrogen and oxygen atoms in total. The van der Waals surface area contributed by atoms with E-state index in [1.807, 2.05) is 0 Å². The van der Waals surface area contributed by atoms with Gasteiger partial charge in [-0.3, -0.25) is 0 Å². The highest BCUT2D eigenvalue weighted by Gasteiger charge is 2.28. The number of hydrogen-bond acceptors (Lipinski definition) is 4. The monoisotopic (exact) mass is 280 g/mol. The van der Waals surface area contributed by atoms with Gasteiger partial charge in [0.25, 0.3) is 10.0 Å². The molecule has 1 saturated carbocycles. The molecule has 0 aliphatic heterocycles. The molecule has 1 aliphatic carbocycles. The number of hydrogen-bond donors (Lipinski definition) is 1. The van der Waals surface area contributed by atoms with E-state index in [9.17, 15) is 8.42 Å². The summed E-state index contributed by atoms with van der Waals surface area (Å²) in [4.78, 5) is 3.93. The molecule has 16 heavy (non-hydrogen) atoms. The second kappa shape index (κ2) is 4.60. The van der Waals surface area contributed by atoms with Crippen LogP contribution in [0.4, 0.5) is 0 Å². The van der Waals surface area contributed by atoms with Crippen molar-refractivity contribution in [2.75, 3.05) is 6.54 Å². The molecule has 1 aromatic heterocycles. The normalized spacial score (nSPS) is 25.4. The number of nitrogens with zero attached hydrogens (tertiary/aromatic N) is 1. The second-order valence-electron chi connectivity index (χ2n) is 3.98. The van der Waals surface area contributed by atoms with Crippen LogP contribution in [0.1, 0.15) is 17.8 Å². The van der Waals surface area contributed by atoms with E-state index in [2.05, 4.69) is 9.71 Å². The third-order valence-corrected chi connectivity index (χ3v) is 5.76. The summed E-state index contributed by atoms with van der Waals surface area (Å²) < 4.78 is 26.5. The molecule has 0 amide bonds. The summed E-state index contributed by atoms with van der Waals surface area (Å²) in [6, 6.07) is 0. The molecule has 0 atom stereocenters. The maximum atomic E-state index is 11.8. The molecule has 0 aromatic carbocycles. The van der Waals surface area contributed by atoms with Crippen molar-refractivity contribution in [1.29, 1.82) is 0 Å². The SMILES string of the molecule is Cc1ncc(S(=O)(=O)NCC2CC(Cl)C2)s1. The molecule has 7 heteroatoms. The lowest BCUT2D eigenvalue weighted by Gasteiger charge is -2.30. The molecule has 90 valence electrons. The van der Waals surface area contributed by atoms with Gasteiger partial charge in [-0.15, -0.1) is 22.9 Å². The molecular weight excluding hydrogens is 268 g/mol. The van der Waals surface area contributed by atoms with E-state index in [0.29, 0.717) is 12.5 Å². The Labute approximate surface area is 104 Å². The van der Waals surface area contributed by atoms with Gasteiger partial charge < -0.3 is 0 Å². The Morgan fingerprint density at radius 2 is 2.31 bits per heavy atom. The minimum absolute atomic E-state index is 0.222. The van der Waals surface area contributed by atoms with Crippen LogP contribution < -0.4 is 4.72 Å². The maximum absolute atomic E-state index is 11.8. The molecule has 1 N–H and O–H groups in total. The van der Waals surface area contributed by atoms with Crippen molar-refractivity contribution in [3.05, 3.63) is 11.2 Å². The van der Waals surface area contributed by atoms with Gasteiger partial charge in [0, 0.05) is 11.9 Å². The first kappa shape index (κ1) is 12.3. The van der Waals surface area contributed by atoms with E-state index in [4.69, 9.17) is 11.6 Å². The lowest BCUT2D eigenvalue weighted by atomic mass is 9.85. The summed E-state index contributed by atoms with van der Waals surface area (Å²) in [5.74, 6) is 0.381. The predicted molar refractivity (Wildman–Crippen MR) is 64.4 cm³/mol. The van der Waals surface area contributed by atoms with E-state index < -0.39 is 10.0 Å². The number of alkyl halides is 1. The Hall–Kier alpha value is -0.170. The first-order chi connectivity index (χ1) is 7.47. The van der Waals surface area contributed by atoms with Crippen LogP contribution in [0.3, 0.4) is 0 Å². The van der Waals surface area contributed by atoms with E-state index in [1.165, 1.54) is 17.5 Å². The fraction of sp³-hybridized carbons (Fsp3) is 0.667. The number of aryl methyl sites for hydroxylation is 1. The summed E-state index contributed by atoms with van der Waals surface area (Å²) in [5.41, 5.74) is 0. The number of rotatable bonds is 4. The average Bonchev–Trinajstić information content (AvgIpc) is 2.58. The highest BCUT2D eigenvalue weighted by Crippen LogP contribution is 2.31. The molecular formula is C9H13ClN2O2S2. The van der Waals surface area contributed by atoms with E-state index in [1.54, 1.807) is 6.92 Å². The molecule has 0 radical (unpaired) electrons. The van der Waals surface area contributed by atoms with Crippen LogP contribution in [0.5, 0.6) is 0 Å². The lowest BCUT2D eigenvalue weighted by Crippen LogP contribution is -2.36. The third-order valence-electron chi connectivity index (χ3n) is 2.61. The summed E-state index contributed by atoms with van der Waals surface area (Å²) in [5, 5.41) is 0.977. The first-order valence-corrected chi connectivity index (χ1v) is 7.77. The molecule has 0 bridgehead atoms. The van der Waals surface area contributed by atoms with Crippen LogP contribution in [0.2, 0.25) is 0 Å². The van der Waals surface area contributed by atoms with Crippen molar-refractivity contribution in [1.82, 2.24) is 9.71 Å². The number of halogens is 1. The molecule has 2 rings (SSSR count). The maximum Gasteiger partial charge on any atom is 0.251 e. The van der Waals surface area contributed by atoms with Crippen molar-refractivity contribution < 1.29 is 8.42 Å². The number of thiazole rings is 1. The van der Waals surface area contributed by atoms with E-state index in [-0.39, 0.29) is 9.59 Å². The molecule has 1 aliphatic rings. The molecule has 0 unspecified atom stereocenters. The summed E-state index contributed by atoms with van der Waals surface area (Å²) in [7, 11) is -3.37. The minimum atomic E-state index is -3.37. The highest BCUT2D eigenvalue weighted by atomic mass is 35.5. The van der Waals surface area contributed by atoms with Gasteiger partial charge in [-0.1, -0.05) is 0 Å². The van der Waals surface area contributed by atoms with Crippen molar-refractivity contribution >= 4 is 33.0 Å². The topological polar surface area (TPSA) is 59.1 Å². The smallest absolute Gasteiger partial charge is 0.249 e. The van der Waals surface area contributed by atoms with Crippen molar-refractivity contribution in [2.45, 2.75) is 29.4 Å². The molecule has 1 aromatic rings. The van der Waals surface area contributed by atoms with Gasteiger partial charge in [-0.2, -0.15) is 0 Å². The van der Waals surface area contributed by atoms with Crippen molar-refractivity contribution in [3.63, 3.8) is 0 Å². The Bertz CT molecular complexity index is 466. The van der Waals surface area contributed by atoms with Gasteiger partial charge in [0.2, 0.25) is 0 Å². The largest absolute Gasteiger partial charge is 0.251 e. The van der Waals surface area contributed by atoms with Gasteiger partial charge in [0.1, 0.15) is 0 Å². The van der Waals surface area contributed by atoms with Gasteiger partial charge in [-0.05, 0) is 25.7 Å². The Kier molecular flexibility index (Phi) is 3.53. The Morgan fingerprint density at radius 1 is 1.62 bits per heavy atom. The van der Waals surface area contributed by atoms with Crippen LogP contribution in [-0.2, 0) is 10.0 Å². The molecule has 1 fully saturated rings. The quantitative estimate of drug-likeness (QED) is 0.855. The standard InChI is InChI=1S/C9H13ClN2O2S2/c1-6-11-5-9(15-6)16(13,14)12-4-7-2-8(10)3-7/h5,7-8,12H,2-4H2,1H3. The highest BCUT2D eigenvalue weighted by molar-refractivity contribution is 7.91. The van der Waals surface area contributed by atoms with Gasteiger partial charge >= 0.3 is 0 Å². The van der Waals surface area contributed by atoms with Crippen LogP contribution in [0.15, 0.2) is 10.4 Å². The van der Waals surface area contributed by atoms with Gasteiger partial charge in [-0.25, -0.2) is 18.1 Å². The van der Waals surface area contributed by atoms with Crippen molar-refractivity contribution in [3.8, 4) is 0 Å². The number of nitrogens with one attached hydrogen (secondary N) is 1. The second-order valence-corrected chi connectivity index (χ2v) is 7.83. The average molecular weight is 281 g/mol. The molecule has 0 saturated heterocycles. The zero-order chi connectivity index (χ0) is 11.8. The summed E-state index contributed by atoms with van der Waals surface area (Å²) >= 11 is 7.01. The third kappa shape index (κ3) is 2.74. The van der Waals surface area contributed by atoms with Gasteiger partial charge in [0.15, 0.2) is 4.21 Å². The van der Waals surface area contributed by atoms with E-state index in [0.717, 1.165) is 17.8 Å². The fourth-order valence-corrected chi connectivity index (χ4v) is 4.36. The van der Waals surface area contributed by atoms with E-state index >= 15 is 0 Å². The molecule has 1 heterocycles. The van der Waals surface area contributed by atoms with Crippen LogP contribution in [0, 0.1) is 12.8 Å². The van der Waals surface area contributed by atoms with Crippen LogP contribution >= 0.6 is 22.9 Å². The van der Waals surface area contributed by atoms with Crippen LogP contribution in [0.25, 0.3) is 0 Å². The minimum Gasteiger partial charge on any atom is -0.249 e. The number of aromatic nitrogens is 1. The zero-order valence-corrected chi connectivity index (χ0v) is 11.2.